The number of hydrogen-bond acceptors (Lipinski definition) is 3. The zero-order chi connectivity index (χ0) is 13.8. The van der Waals surface area contributed by atoms with Gasteiger partial charge < -0.3 is 10.2 Å². The molecule has 2 heterocycles. The van der Waals surface area contributed by atoms with Crippen molar-refractivity contribution in [3.8, 4) is 0 Å². The fourth-order valence-electron chi connectivity index (χ4n) is 3.46. The van der Waals surface area contributed by atoms with E-state index in [1.807, 2.05) is 22.4 Å². The minimum absolute atomic E-state index is 0.218. The summed E-state index contributed by atoms with van der Waals surface area (Å²) in [5.41, 5.74) is 0. The highest BCUT2D eigenvalue weighted by atomic mass is 32.1. The van der Waals surface area contributed by atoms with Crippen molar-refractivity contribution in [1.29, 1.82) is 0 Å². The molecule has 0 aromatic carbocycles. The summed E-state index contributed by atoms with van der Waals surface area (Å²) < 4.78 is 0. The first-order chi connectivity index (χ1) is 9.83. The van der Waals surface area contributed by atoms with Gasteiger partial charge in [-0.05, 0) is 37.1 Å². The molecule has 1 unspecified atom stereocenters. The molecule has 0 bridgehead atoms. The SMILES string of the molecule is O=C(c1cccs1)N1CCCC(NC2CCCCC2)C1. The maximum Gasteiger partial charge on any atom is 0.263 e. The molecule has 1 aromatic rings. The Morgan fingerprint density at radius 1 is 1.15 bits per heavy atom. The van der Waals surface area contributed by atoms with Crippen molar-refractivity contribution in [2.75, 3.05) is 13.1 Å². The maximum absolute atomic E-state index is 12.4. The number of nitrogens with zero attached hydrogens (tertiary/aromatic N) is 1. The lowest BCUT2D eigenvalue weighted by Gasteiger charge is -2.36. The first-order valence-corrected chi connectivity index (χ1v) is 8.80. The van der Waals surface area contributed by atoms with E-state index in [1.165, 1.54) is 38.5 Å². The number of thiophene rings is 1. The van der Waals surface area contributed by atoms with Gasteiger partial charge in [-0.3, -0.25) is 4.79 Å². The average Bonchev–Trinajstić information content (AvgIpc) is 3.02. The third kappa shape index (κ3) is 3.41. The standard InChI is InChI=1S/C16H24N2OS/c19-16(15-9-5-11-20-15)18-10-4-8-14(12-18)17-13-6-2-1-3-7-13/h5,9,11,13-14,17H,1-4,6-8,10,12H2. The number of nitrogens with one attached hydrogen (secondary N) is 1. The predicted octanol–water partition coefficient (Wildman–Crippen LogP) is 3.28. The third-order valence-corrected chi connectivity index (χ3v) is 5.37. The van der Waals surface area contributed by atoms with Crippen LogP contribution in [-0.4, -0.2) is 36.0 Å². The van der Waals surface area contributed by atoms with E-state index in [-0.39, 0.29) is 5.91 Å². The predicted molar refractivity (Wildman–Crippen MR) is 83.3 cm³/mol. The van der Waals surface area contributed by atoms with Crippen molar-refractivity contribution >= 4 is 17.2 Å². The quantitative estimate of drug-likeness (QED) is 0.927. The molecule has 4 heteroatoms. The van der Waals surface area contributed by atoms with Crippen LogP contribution in [0.3, 0.4) is 0 Å². The van der Waals surface area contributed by atoms with Crippen LogP contribution in [0.5, 0.6) is 0 Å². The number of likely N-dealkylation sites (tertiary alicyclic amines) is 1. The van der Waals surface area contributed by atoms with Gasteiger partial charge in [0.15, 0.2) is 0 Å². The number of carbonyl (C=O) groups is 1. The molecular weight excluding hydrogens is 268 g/mol. The maximum atomic E-state index is 12.4. The van der Waals surface area contributed by atoms with Gasteiger partial charge >= 0.3 is 0 Å². The fraction of sp³-hybridized carbons (Fsp3) is 0.688. The average molecular weight is 292 g/mol. The van der Waals surface area contributed by atoms with E-state index in [4.69, 9.17) is 0 Å². The summed E-state index contributed by atoms with van der Waals surface area (Å²) in [4.78, 5) is 15.3. The highest BCUT2D eigenvalue weighted by Gasteiger charge is 2.26. The van der Waals surface area contributed by atoms with Crippen molar-refractivity contribution in [2.45, 2.75) is 57.0 Å². The molecule has 0 radical (unpaired) electrons. The molecule has 110 valence electrons. The summed E-state index contributed by atoms with van der Waals surface area (Å²) >= 11 is 1.55. The van der Waals surface area contributed by atoms with E-state index in [9.17, 15) is 4.79 Å². The Bertz CT molecular complexity index is 426. The zero-order valence-corrected chi connectivity index (χ0v) is 12.8. The van der Waals surface area contributed by atoms with Crippen LogP contribution in [-0.2, 0) is 0 Å². The van der Waals surface area contributed by atoms with E-state index in [1.54, 1.807) is 11.3 Å². The molecule has 1 aliphatic carbocycles. The van der Waals surface area contributed by atoms with Crippen molar-refractivity contribution in [3.05, 3.63) is 22.4 Å². The molecule has 3 rings (SSSR count). The van der Waals surface area contributed by atoms with E-state index >= 15 is 0 Å². The van der Waals surface area contributed by atoms with E-state index in [0.29, 0.717) is 12.1 Å². The number of rotatable bonds is 3. The lowest BCUT2D eigenvalue weighted by Crippen LogP contribution is -2.51. The fourth-order valence-corrected chi connectivity index (χ4v) is 4.15. The third-order valence-electron chi connectivity index (χ3n) is 4.52. The van der Waals surface area contributed by atoms with Crippen molar-refractivity contribution in [3.63, 3.8) is 0 Å². The van der Waals surface area contributed by atoms with Gasteiger partial charge in [-0.25, -0.2) is 0 Å². The number of carbonyl (C=O) groups excluding carboxylic acids is 1. The lowest BCUT2D eigenvalue weighted by molar-refractivity contribution is 0.0691. The highest BCUT2D eigenvalue weighted by molar-refractivity contribution is 7.12. The van der Waals surface area contributed by atoms with Crippen LogP contribution in [0.15, 0.2) is 17.5 Å². The van der Waals surface area contributed by atoms with Crippen LogP contribution >= 0.6 is 11.3 Å². The summed E-state index contributed by atoms with van der Waals surface area (Å²) in [5, 5.41) is 5.78. The molecule has 2 fully saturated rings. The molecule has 20 heavy (non-hydrogen) atoms. The van der Waals surface area contributed by atoms with Crippen LogP contribution < -0.4 is 5.32 Å². The smallest absolute Gasteiger partial charge is 0.263 e. The molecule has 3 nitrogen and oxygen atoms in total. The molecule has 1 amide bonds. The first-order valence-electron chi connectivity index (χ1n) is 7.92. The summed E-state index contributed by atoms with van der Waals surface area (Å²) in [6, 6.07) is 5.08. The van der Waals surface area contributed by atoms with E-state index in [2.05, 4.69) is 5.32 Å². The second kappa shape index (κ2) is 6.72. The molecule has 1 atom stereocenters. The Labute approximate surface area is 125 Å². The minimum Gasteiger partial charge on any atom is -0.336 e. The summed E-state index contributed by atoms with van der Waals surface area (Å²) in [6.45, 7) is 1.80. The van der Waals surface area contributed by atoms with Crippen LogP contribution in [0, 0.1) is 0 Å². The molecule has 2 aliphatic rings. The molecule has 1 saturated heterocycles. The summed E-state index contributed by atoms with van der Waals surface area (Å²) in [7, 11) is 0. The molecular formula is C16H24N2OS. The Morgan fingerprint density at radius 2 is 1.95 bits per heavy atom. The number of piperidine rings is 1. The molecule has 1 aromatic heterocycles. The first kappa shape index (κ1) is 14.1. The van der Waals surface area contributed by atoms with Gasteiger partial charge in [-0.15, -0.1) is 11.3 Å². The van der Waals surface area contributed by atoms with Gasteiger partial charge in [-0.1, -0.05) is 25.3 Å². The second-order valence-electron chi connectivity index (χ2n) is 6.07. The number of amides is 1. The van der Waals surface area contributed by atoms with Crippen LogP contribution in [0.1, 0.15) is 54.6 Å². The Balaban J connectivity index is 1.54. The normalized spacial score (nSPS) is 24.8. The zero-order valence-electron chi connectivity index (χ0n) is 12.0. The molecule has 0 spiro atoms. The summed E-state index contributed by atoms with van der Waals surface area (Å²) in [6.07, 6.45) is 9.09. The van der Waals surface area contributed by atoms with Gasteiger partial charge in [0.05, 0.1) is 4.88 Å². The van der Waals surface area contributed by atoms with Crippen LogP contribution in [0.25, 0.3) is 0 Å². The Kier molecular flexibility index (Phi) is 4.73. The highest BCUT2D eigenvalue weighted by Crippen LogP contribution is 2.21. The van der Waals surface area contributed by atoms with E-state index < -0.39 is 0 Å². The topological polar surface area (TPSA) is 32.3 Å². The number of hydrogen-bond donors (Lipinski definition) is 1. The Morgan fingerprint density at radius 3 is 2.70 bits per heavy atom. The Hall–Kier alpha value is -0.870. The van der Waals surface area contributed by atoms with Crippen molar-refractivity contribution in [2.24, 2.45) is 0 Å². The monoisotopic (exact) mass is 292 g/mol. The lowest BCUT2D eigenvalue weighted by atomic mass is 9.94. The second-order valence-corrected chi connectivity index (χ2v) is 7.02. The molecule has 1 saturated carbocycles. The van der Waals surface area contributed by atoms with Gasteiger partial charge in [0, 0.05) is 25.2 Å². The van der Waals surface area contributed by atoms with Crippen LogP contribution in [0.2, 0.25) is 0 Å². The van der Waals surface area contributed by atoms with Gasteiger partial charge in [0.2, 0.25) is 0 Å². The van der Waals surface area contributed by atoms with Crippen molar-refractivity contribution in [1.82, 2.24) is 10.2 Å². The van der Waals surface area contributed by atoms with Gasteiger partial charge in [-0.2, -0.15) is 0 Å². The van der Waals surface area contributed by atoms with Crippen LogP contribution in [0.4, 0.5) is 0 Å². The van der Waals surface area contributed by atoms with Crippen molar-refractivity contribution < 1.29 is 4.79 Å². The molecule has 1 aliphatic heterocycles. The summed E-state index contributed by atoms with van der Waals surface area (Å²) in [5.74, 6) is 0.218. The minimum atomic E-state index is 0.218. The van der Waals surface area contributed by atoms with Gasteiger partial charge in [0.1, 0.15) is 0 Å². The molecule has 1 N–H and O–H groups in total. The largest absolute Gasteiger partial charge is 0.336 e. The van der Waals surface area contributed by atoms with E-state index in [0.717, 1.165) is 24.4 Å². The van der Waals surface area contributed by atoms with Gasteiger partial charge in [0.25, 0.3) is 5.91 Å².